The van der Waals surface area contributed by atoms with Crippen molar-refractivity contribution in [2.75, 3.05) is 24.8 Å². The van der Waals surface area contributed by atoms with Crippen molar-refractivity contribution in [3.63, 3.8) is 0 Å². The van der Waals surface area contributed by atoms with Gasteiger partial charge in [-0.05, 0) is 54.8 Å². The molecule has 174 valence electrons. The van der Waals surface area contributed by atoms with Crippen LogP contribution in [0.5, 0.6) is 5.75 Å². The Kier molecular flexibility index (Phi) is 6.65. The Bertz CT molecular complexity index is 1340. The third-order valence-electron chi connectivity index (χ3n) is 5.17. The number of carbonyl (C=O) groups excluding carboxylic acids is 1. The molecular weight excluding hydrogens is 454 g/mol. The first-order valence-corrected chi connectivity index (χ1v) is 10.9. The molecule has 2 aromatic heterocycles. The maximum Gasteiger partial charge on any atom is 0.251 e. The van der Waals surface area contributed by atoms with Gasteiger partial charge in [0.15, 0.2) is 11.6 Å². The van der Waals surface area contributed by atoms with Crippen LogP contribution >= 0.6 is 11.6 Å². The fourth-order valence-corrected chi connectivity index (χ4v) is 3.59. The van der Waals surface area contributed by atoms with Gasteiger partial charge in [-0.1, -0.05) is 23.7 Å². The number of nitrogens with zero attached hydrogens (tertiary/aromatic N) is 3. The van der Waals surface area contributed by atoms with E-state index < -0.39 is 0 Å². The molecule has 4 N–H and O–H groups in total. The lowest BCUT2D eigenvalue weighted by molar-refractivity contribution is 0.0963. The van der Waals surface area contributed by atoms with Gasteiger partial charge in [0.1, 0.15) is 10.8 Å². The van der Waals surface area contributed by atoms with Crippen LogP contribution in [0, 0.1) is 13.8 Å². The number of nitrogens with one attached hydrogen (secondary N) is 4. The predicted octanol–water partition coefficient (Wildman–Crippen LogP) is 4.99. The molecule has 9 nitrogen and oxygen atoms in total. The quantitative estimate of drug-likeness (QED) is 0.296. The zero-order valence-electron chi connectivity index (χ0n) is 19.2. The molecule has 34 heavy (non-hydrogen) atoms. The maximum atomic E-state index is 11.8. The maximum absolute atomic E-state index is 11.8. The van der Waals surface area contributed by atoms with E-state index in [0.717, 1.165) is 22.4 Å². The van der Waals surface area contributed by atoms with E-state index in [1.54, 1.807) is 26.3 Å². The second kappa shape index (κ2) is 9.80. The highest BCUT2D eigenvalue weighted by Crippen LogP contribution is 2.35. The van der Waals surface area contributed by atoms with Gasteiger partial charge in [-0.15, -0.1) is 0 Å². The van der Waals surface area contributed by atoms with Gasteiger partial charge in [-0.2, -0.15) is 10.1 Å². The summed E-state index contributed by atoms with van der Waals surface area (Å²) in [6.07, 6.45) is 1.51. The third kappa shape index (κ3) is 4.94. The standard InChI is InChI=1S/C24H24ClN7O2/c1-13-9-19(20(34-4)11-17(13)15-5-7-16(8-6-15)23(33)26-3)28-24-27-12-18(25)22(30-24)29-21-10-14(2)31-32-21/h5-12H,1-4H3,(H,26,33)(H3,27,28,29,30,31,32). The number of H-pyrrole nitrogens is 1. The average molecular weight is 478 g/mol. The van der Waals surface area contributed by atoms with Crippen LogP contribution in [0.25, 0.3) is 11.1 Å². The lowest BCUT2D eigenvalue weighted by atomic mass is 9.98. The first-order chi connectivity index (χ1) is 16.4. The lowest BCUT2D eigenvalue weighted by Gasteiger charge is -2.15. The van der Waals surface area contributed by atoms with Crippen molar-refractivity contribution >= 4 is 40.8 Å². The highest BCUT2D eigenvalue weighted by molar-refractivity contribution is 6.32. The van der Waals surface area contributed by atoms with E-state index in [9.17, 15) is 4.79 Å². The van der Waals surface area contributed by atoms with E-state index in [2.05, 4.69) is 36.1 Å². The van der Waals surface area contributed by atoms with Gasteiger partial charge in [0.2, 0.25) is 5.95 Å². The van der Waals surface area contributed by atoms with E-state index in [-0.39, 0.29) is 5.91 Å². The molecule has 0 aliphatic carbocycles. The second-order valence-corrected chi connectivity index (χ2v) is 8.01. The van der Waals surface area contributed by atoms with Crippen LogP contribution < -0.4 is 20.7 Å². The minimum Gasteiger partial charge on any atom is -0.495 e. The van der Waals surface area contributed by atoms with Gasteiger partial charge in [0.25, 0.3) is 5.91 Å². The van der Waals surface area contributed by atoms with Gasteiger partial charge >= 0.3 is 0 Å². The van der Waals surface area contributed by atoms with Gasteiger partial charge < -0.3 is 20.7 Å². The Morgan fingerprint density at radius 1 is 1.09 bits per heavy atom. The minimum atomic E-state index is -0.125. The summed E-state index contributed by atoms with van der Waals surface area (Å²) in [6, 6.07) is 13.2. The van der Waals surface area contributed by atoms with Crippen LogP contribution in [0.1, 0.15) is 21.6 Å². The zero-order valence-corrected chi connectivity index (χ0v) is 19.9. The van der Waals surface area contributed by atoms with E-state index in [4.69, 9.17) is 16.3 Å². The average Bonchev–Trinajstić information content (AvgIpc) is 3.25. The van der Waals surface area contributed by atoms with E-state index in [1.165, 1.54) is 6.20 Å². The van der Waals surface area contributed by atoms with Crippen molar-refractivity contribution < 1.29 is 9.53 Å². The second-order valence-electron chi connectivity index (χ2n) is 7.60. The van der Waals surface area contributed by atoms with Gasteiger partial charge in [-0.25, -0.2) is 4.98 Å². The summed E-state index contributed by atoms with van der Waals surface area (Å²) in [5, 5.41) is 16.3. The largest absolute Gasteiger partial charge is 0.495 e. The SMILES string of the molecule is CNC(=O)c1ccc(-c2cc(OC)c(Nc3ncc(Cl)c(Nc4cc(C)[nH]n4)n3)cc2C)cc1. The van der Waals surface area contributed by atoms with Crippen LogP contribution in [0.3, 0.4) is 0 Å². The molecule has 4 rings (SSSR count). The molecule has 0 saturated carbocycles. The zero-order chi connectivity index (χ0) is 24.2. The molecule has 10 heteroatoms. The van der Waals surface area contributed by atoms with Crippen LogP contribution in [0.4, 0.5) is 23.3 Å². The number of anilines is 4. The van der Waals surface area contributed by atoms with Crippen molar-refractivity contribution in [1.29, 1.82) is 0 Å². The van der Waals surface area contributed by atoms with E-state index in [0.29, 0.717) is 39.6 Å². The highest BCUT2D eigenvalue weighted by Gasteiger charge is 2.14. The smallest absolute Gasteiger partial charge is 0.251 e. The number of aromatic nitrogens is 4. The normalized spacial score (nSPS) is 10.6. The minimum absolute atomic E-state index is 0.125. The number of rotatable bonds is 7. The van der Waals surface area contributed by atoms with E-state index in [1.807, 2.05) is 44.2 Å². The van der Waals surface area contributed by atoms with Crippen molar-refractivity contribution in [3.8, 4) is 16.9 Å². The number of amides is 1. The van der Waals surface area contributed by atoms with Gasteiger partial charge in [0, 0.05) is 24.4 Å². The summed E-state index contributed by atoms with van der Waals surface area (Å²) in [5.74, 6) is 1.87. The molecular formula is C24H24ClN7O2. The monoisotopic (exact) mass is 477 g/mol. The summed E-state index contributed by atoms with van der Waals surface area (Å²) in [7, 11) is 3.21. The number of aryl methyl sites for hydroxylation is 2. The van der Waals surface area contributed by atoms with Crippen LogP contribution in [-0.2, 0) is 0 Å². The first kappa shape index (κ1) is 23.1. The molecule has 0 aliphatic rings. The molecule has 0 bridgehead atoms. The molecule has 0 radical (unpaired) electrons. The molecule has 0 aliphatic heterocycles. The summed E-state index contributed by atoms with van der Waals surface area (Å²) in [4.78, 5) is 20.6. The molecule has 0 spiro atoms. The molecule has 0 atom stereocenters. The fraction of sp³-hybridized carbons (Fsp3) is 0.167. The molecule has 1 amide bonds. The fourth-order valence-electron chi connectivity index (χ4n) is 3.45. The Morgan fingerprint density at radius 2 is 1.85 bits per heavy atom. The molecule has 2 heterocycles. The Hall–Kier alpha value is -4.11. The summed E-state index contributed by atoms with van der Waals surface area (Å²) >= 11 is 6.27. The first-order valence-electron chi connectivity index (χ1n) is 10.5. The van der Waals surface area contributed by atoms with Crippen LogP contribution in [-0.4, -0.2) is 40.2 Å². The molecule has 4 aromatic rings. The summed E-state index contributed by atoms with van der Waals surface area (Å²) in [5.41, 5.74) is 5.18. The number of hydrogen-bond acceptors (Lipinski definition) is 7. The van der Waals surface area contributed by atoms with Gasteiger partial charge in [-0.3, -0.25) is 9.89 Å². The van der Waals surface area contributed by atoms with Crippen LogP contribution in [0.15, 0.2) is 48.7 Å². The Morgan fingerprint density at radius 3 is 2.50 bits per heavy atom. The third-order valence-corrected chi connectivity index (χ3v) is 5.45. The topological polar surface area (TPSA) is 117 Å². The van der Waals surface area contributed by atoms with Crippen LogP contribution in [0.2, 0.25) is 5.02 Å². The molecule has 2 aromatic carbocycles. The highest BCUT2D eigenvalue weighted by atomic mass is 35.5. The molecule has 0 unspecified atom stereocenters. The number of aromatic amines is 1. The lowest BCUT2D eigenvalue weighted by Crippen LogP contribution is -2.17. The van der Waals surface area contributed by atoms with Gasteiger partial charge in [0.05, 0.1) is 19.0 Å². The number of halogens is 1. The summed E-state index contributed by atoms with van der Waals surface area (Å²) in [6.45, 7) is 3.91. The number of benzene rings is 2. The van der Waals surface area contributed by atoms with Crippen molar-refractivity contribution in [1.82, 2.24) is 25.5 Å². The number of ether oxygens (including phenoxy) is 1. The molecule has 0 saturated heterocycles. The number of carbonyl (C=O) groups is 1. The summed E-state index contributed by atoms with van der Waals surface area (Å²) < 4.78 is 5.63. The Labute approximate surface area is 201 Å². The molecule has 0 fully saturated rings. The predicted molar refractivity (Wildman–Crippen MR) is 133 cm³/mol. The Balaban J connectivity index is 1.61. The van der Waals surface area contributed by atoms with Crippen molar-refractivity contribution in [3.05, 3.63) is 70.5 Å². The van der Waals surface area contributed by atoms with Crippen molar-refractivity contribution in [2.24, 2.45) is 0 Å². The van der Waals surface area contributed by atoms with E-state index >= 15 is 0 Å². The van der Waals surface area contributed by atoms with Crippen molar-refractivity contribution in [2.45, 2.75) is 13.8 Å². The number of methoxy groups -OCH3 is 1. The number of hydrogen-bond donors (Lipinski definition) is 4.